The number of nitrogens with one attached hydrogen (secondary N) is 1. The standard InChI is InChI=1S/C38H49NO9/c1-37(2,3)47-33(41)17-15-28(21-40)39-35(42)25-19-31(34-32(20-25)46-38(48-34,26-11-12-26)27-13-14-27)45-36(43)24-9-6-22(7-10-24)4-5-23-8-16-29-30(18-23)44-29/h4-7,9-10,20,23,26-32,34,40H,8,11-19,21H2,1-3H3,(H,39,42)/t23?,28-,29?,30?,31+,32+,34-/m0/s1. The van der Waals surface area contributed by atoms with E-state index in [-0.39, 0.29) is 25.9 Å². The molecule has 1 aromatic rings. The van der Waals surface area contributed by atoms with Crippen molar-refractivity contribution >= 4 is 23.9 Å². The lowest BCUT2D eigenvalue weighted by atomic mass is 9.89. The Kier molecular flexibility index (Phi) is 9.30. The van der Waals surface area contributed by atoms with Crippen LogP contribution >= 0.6 is 0 Å². The van der Waals surface area contributed by atoms with E-state index in [2.05, 4.69) is 17.5 Å². The van der Waals surface area contributed by atoms with Crippen LogP contribution in [0.3, 0.4) is 0 Å². The van der Waals surface area contributed by atoms with E-state index in [1.54, 1.807) is 39.0 Å². The Labute approximate surface area is 282 Å². The number of fused-ring (bicyclic) bond motifs is 2. The Morgan fingerprint density at radius 3 is 2.40 bits per heavy atom. The molecular weight excluding hydrogens is 614 g/mol. The highest BCUT2D eigenvalue weighted by Gasteiger charge is 2.64. The van der Waals surface area contributed by atoms with Gasteiger partial charge in [-0.15, -0.1) is 0 Å². The maximum atomic E-state index is 13.6. The number of aliphatic hydroxyl groups is 1. The molecule has 4 aliphatic carbocycles. The SMILES string of the molecule is CC(C)(C)OC(=O)CC[C@@H](CO)NC(=O)C1=C[C@H]2OC(C3CC3)(C3CC3)O[C@H]2[C@H](OC(=O)c2ccc(C=CC3CCC4OC4C3)cc2)C1. The van der Waals surface area contributed by atoms with Gasteiger partial charge in [0.25, 0.3) is 0 Å². The van der Waals surface area contributed by atoms with E-state index in [0.717, 1.165) is 50.5 Å². The van der Waals surface area contributed by atoms with Gasteiger partial charge in [0.05, 0.1) is 30.4 Å². The van der Waals surface area contributed by atoms with Crippen molar-refractivity contribution in [1.29, 1.82) is 0 Å². The molecule has 6 aliphatic rings. The quantitative estimate of drug-likeness (QED) is 0.234. The van der Waals surface area contributed by atoms with Crippen LogP contribution in [0, 0.1) is 17.8 Å². The summed E-state index contributed by atoms with van der Waals surface area (Å²) in [5.41, 5.74) is 1.23. The van der Waals surface area contributed by atoms with Crippen LogP contribution < -0.4 is 5.32 Å². The van der Waals surface area contributed by atoms with Gasteiger partial charge >= 0.3 is 11.9 Å². The van der Waals surface area contributed by atoms with Crippen LogP contribution in [0.15, 0.2) is 42.0 Å². The van der Waals surface area contributed by atoms with E-state index >= 15 is 0 Å². The number of carbonyl (C=O) groups is 3. The third kappa shape index (κ3) is 7.72. The van der Waals surface area contributed by atoms with Gasteiger partial charge in [0, 0.05) is 30.3 Å². The van der Waals surface area contributed by atoms with Gasteiger partial charge in [-0.3, -0.25) is 9.59 Å². The smallest absolute Gasteiger partial charge is 0.338 e. The molecule has 2 N–H and O–H groups in total. The Morgan fingerprint density at radius 1 is 1.02 bits per heavy atom. The van der Waals surface area contributed by atoms with Gasteiger partial charge in [0.1, 0.15) is 23.9 Å². The molecule has 7 atom stereocenters. The largest absolute Gasteiger partial charge is 0.460 e. The van der Waals surface area contributed by atoms with Crippen molar-refractivity contribution in [2.75, 3.05) is 6.61 Å². The van der Waals surface area contributed by atoms with Crippen LogP contribution in [0.4, 0.5) is 0 Å². The molecule has 3 unspecified atom stereocenters. The summed E-state index contributed by atoms with van der Waals surface area (Å²) in [6.07, 6.45) is 13.1. The molecule has 48 heavy (non-hydrogen) atoms. The highest BCUT2D eigenvalue weighted by Crippen LogP contribution is 2.59. The minimum atomic E-state index is -0.735. The molecule has 5 fully saturated rings. The fraction of sp³-hybridized carbons (Fsp3) is 0.658. The second kappa shape index (κ2) is 13.3. The highest BCUT2D eigenvalue weighted by atomic mass is 16.8. The van der Waals surface area contributed by atoms with Crippen LogP contribution in [-0.2, 0) is 33.3 Å². The van der Waals surface area contributed by atoms with Gasteiger partial charge in [-0.1, -0.05) is 24.3 Å². The number of esters is 2. The second-order valence-electron chi connectivity index (χ2n) is 15.5. The number of epoxide rings is 1. The monoisotopic (exact) mass is 663 g/mol. The molecule has 0 spiro atoms. The topological polar surface area (TPSA) is 133 Å². The minimum Gasteiger partial charge on any atom is -0.460 e. The highest BCUT2D eigenvalue weighted by molar-refractivity contribution is 5.94. The van der Waals surface area contributed by atoms with Crippen LogP contribution in [-0.4, -0.2) is 77.5 Å². The van der Waals surface area contributed by atoms with Crippen molar-refractivity contribution in [1.82, 2.24) is 5.32 Å². The molecule has 1 amide bonds. The van der Waals surface area contributed by atoms with E-state index in [1.807, 2.05) is 12.1 Å². The van der Waals surface area contributed by atoms with E-state index in [1.165, 1.54) is 0 Å². The second-order valence-corrected chi connectivity index (χ2v) is 15.5. The molecule has 1 aromatic carbocycles. The zero-order chi connectivity index (χ0) is 33.6. The molecule has 0 bridgehead atoms. The molecular formula is C38H49NO9. The first-order valence-corrected chi connectivity index (χ1v) is 17.8. The summed E-state index contributed by atoms with van der Waals surface area (Å²) in [4.78, 5) is 39.3. The minimum absolute atomic E-state index is 0.0556. The molecule has 7 rings (SSSR count). The van der Waals surface area contributed by atoms with Crippen molar-refractivity contribution < 1.29 is 43.2 Å². The Bertz CT molecular complexity index is 1420. The van der Waals surface area contributed by atoms with E-state index in [0.29, 0.717) is 41.1 Å². The summed E-state index contributed by atoms with van der Waals surface area (Å²) < 4.78 is 30.5. The molecule has 2 saturated heterocycles. The predicted octanol–water partition coefficient (Wildman–Crippen LogP) is 5.02. The number of amides is 1. The normalized spacial score (nSPS) is 31.3. The molecule has 0 aromatic heterocycles. The summed E-state index contributed by atoms with van der Waals surface area (Å²) >= 11 is 0. The predicted molar refractivity (Wildman–Crippen MR) is 175 cm³/mol. The maximum Gasteiger partial charge on any atom is 0.338 e. The summed E-state index contributed by atoms with van der Waals surface area (Å²) in [5.74, 6) is -0.855. The molecule has 0 radical (unpaired) electrons. The number of aliphatic hydroxyl groups excluding tert-OH is 1. The fourth-order valence-corrected chi connectivity index (χ4v) is 7.53. The van der Waals surface area contributed by atoms with Gasteiger partial charge in [-0.05, 0) is 102 Å². The molecule has 10 nitrogen and oxygen atoms in total. The molecule has 10 heteroatoms. The van der Waals surface area contributed by atoms with Crippen molar-refractivity contribution in [3.05, 3.63) is 53.1 Å². The molecule has 2 aliphatic heterocycles. The maximum absolute atomic E-state index is 13.6. The lowest BCUT2D eigenvalue weighted by Crippen LogP contribution is -2.45. The summed E-state index contributed by atoms with van der Waals surface area (Å²) in [6, 6.07) is 6.73. The van der Waals surface area contributed by atoms with Crippen molar-refractivity contribution in [2.24, 2.45) is 17.8 Å². The van der Waals surface area contributed by atoms with Gasteiger partial charge < -0.3 is 34.1 Å². The van der Waals surface area contributed by atoms with Crippen molar-refractivity contribution in [3.8, 4) is 0 Å². The molecule has 2 heterocycles. The van der Waals surface area contributed by atoms with Crippen LogP contribution in [0.25, 0.3) is 6.08 Å². The third-order valence-corrected chi connectivity index (χ3v) is 10.4. The Balaban J connectivity index is 1.02. The van der Waals surface area contributed by atoms with Crippen molar-refractivity contribution in [2.45, 2.75) is 133 Å². The first-order valence-electron chi connectivity index (χ1n) is 17.8. The third-order valence-electron chi connectivity index (χ3n) is 10.4. The summed E-state index contributed by atoms with van der Waals surface area (Å²) in [5, 5.41) is 12.9. The number of hydrogen-bond donors (Lipinski definition) is 2. The van der Waals surface area contributed by atoms with Gasteiger partial charge in [0.15, 0.2) is 5.79 Å². The van der Waals surface area contributed by atoms with Gasteiger partial charge in [0.2, 0.25) is 5.91 Å². The number of rotatable bonds is 12. The molecule has 3 saturated carbocycles. The Hall–Kier alpha value is -3.05. The summed E-state index contributed by atoms with van der Waals surface area (Å²) in [7, 11) is 0. The van der Waals surface area contributed by atoms with E-state index in [9.17, 15) is 19.5 Å². The van der Waals surface area contributed by atoms with Gasteiger partial charge in [-0.25, -0.2) is 4.79 Å². The number of allylic oxidation sites excluding steroid dienone is 1. The van der Waals surface area contributed by atoms with Crippen LogP contribution in [0.2, 0.25) is 0 Å². The average molecular weight is 664 g/mol. The van der Waals surface area contributed by atoms with Crippen LogP contribution in [0.1, 0.15) is 101 Å². The van der Waals surface area contributed by atoms with Crippen LogP contribution in [0.5, 0.6) is 0 Å². The van der Waals surface area contributed by atoms with E-state index < -0.39 is 53.6 Å². The number of benzene rings is 1. The number of ether oxygens (including phenoxy) is 5. The number of hydrogen-bond acceptors (Lipinski definition) is 9. The fourth-order valence-electron chi connectivity index (χ4n) is 7.53. The van der Waals surface area contributed by atoms with Gasteiger partial charge in [-0.2, -0.15) is 0 Å². The summed E-state index contributed by atoms with van der Waals surface area (Å²) in [6.45, 7) is 5.05. The lowest BCUT2D eigenvalue weighted by Gasteiger charge is -2.31. The first-order chi connectivity index (χ1) is 23.0. The first kappa shape index (κ1) is 33.4. The lowest BCUT2D eigenvalue weighted by molar-refractivity contribution is -0.209. The Morgan fingerprint density at radius 2 is 1.75 bits per heavy atom. The average Bonchev–Trinajstić information content (AvgIpc) is 3.92. The van der Waals surface area contributed by atoms with E-state index in [4.69, 9.17) is 23.7 Å². The molecule has 260 valence electrons. The zero-order valence-electron chi connectivity index (χ0n) is 28.2. The zero-order valence-corrected chi connectivity index (χ0v) is 28.2. The number of carbonyl (C=O) groups excluding carboxylic acids is 3. The van der Waals surface area contributed by atoms with Crippen molar-refractivity contribution in [3.63, 3.8) is 0 Å².